The fourth-order valence-corrected chi connectivity index (χ4v) is 3.80. The Balaban J connectivity index is 1.68. The van der Waals surface area contributed by atoms with Gasteiger partial charge in [0.2, 0.25) is 11.7 Å². The van der Waals surface area contributed by atoms with Crippen LogP contribution in [0.2, 0.25) is 5.02 Å². The average molecular weight is 450 g/mol. The van der Waals surface area contributed by atoms with E-state index in [0.29, 0.717) is 54.1 Å². The monoisotopic (exact) mass is 449 g/mol. The molecule has 1 aliphatic rings. The highest BCUT2D eigenvalue weighted by Crippen LogP contribution is 2.38. The minimum absolute atomic E-state index is 0.0373. The van der Waals surface area contributed by atoms with Crippen molar-refractivity contribution < 1.29 is 23.9 Å². The van der Waals surface area contributed by atoms with Crippen LogP contribution in [-0.2, 0) is 11.2 Å². The van der Waals surface area contributed by atoms with Crippen molar-refractivity contribution in [3.05, 3.63) is 51.0 Å². The van der Waals surface area contributed by atoms with E-state index in [0.717, 1.165) is 5.56 Å². The van der Waals surface area contributed by atoms with Gasteiger partial charge in [0.15, 0.2) is 11.5 Å². The van der Waals surface area contributed by atoms with Crippen LogP contribution in [0.25, 0.3) is 0 Å². The first kappa shape index (κ1) is 22.5. The van der Waals surface area contributed by atoms with Gasteiger partial charge in [-0.05, 0) is 29.8 Å². The van der Waals surface area contributed by atoms with Crippen LogP contribution in [0.1, 0.15) is 5.56 Å². The largest absolute Gasteiger partial charge is 0.493 e. The highest BCUT2D eigenvalue weighted by Gasteiger charge is 2.26. The summed E-state index contributed by atoms with van der Waals surface area (Å²) in [6.07, 6.45) is 0.178. The van der Waals surface area contributed by atoms with E-state index in [1.54, 1.807) is 29.2 Å². The number of carbonyl (C=O) groups is 1. The Bertz CT molecular complexity index is 951. The Kier molecular flexibility index (Phi) is 7.06. The van der Waals surface area contributed by atoms with Crippen LogP contribution in [0, 0.1) is 10.1 Å². The molecule has 0 N–H and O–H groups in total. The van der Waals surface area contributed by atoms with Crippen LogP contribution in [-0.4, -0.2) is 63.2 Å². The van der Waals surface area contributed by atoms with E-state index in [-0.39, 0.29) is 18.0 Å². The number of piperazine rings is 1. The number of nitro benzene ring substituents is 1. The molecule has 9 nitrogen and oxygen atoms in total. The first-order chi connectivity index (χ1) is 14.9. The molecule has 10 heteroatoms. The molecule has 0 unspecified atom stereocenters. The van der Waals surface area contributed by atoms with Crippen LogP contribution < -0.4 is 19.1 Å². The minimum Gasteiger partial charge on any atom is -0.493 e. The fraction of sp³-hybridized carbons (Fsp3) is 0.381. The number of nitrogens with zero attached hydrogens (tertiary/aromatic N) is 3. The second-order valence-electron chi connectivity index (χ2n) is 6.97. The lowest BCUT2D eigenvalue weighted by Gasteiger charge is -2.36. The van der Waals surface area contributed by atoms with E-state index in [1.807, 2.05) is 4.90 Å². The molecule has 0 spiro atoms. The van der Waals surface area contributed by atoms with Crippen molar-refractivity contribution in [1.29, 1.82) is 0 Å². The standard InChI is InChI=1S/C21H24ClN3O6/c1-29-18-10-14(11-19(30-2)21(18)31-3)12-20(26)24-8-6-23(7-9-24)16-5-4-15(22)13-17(16)25(27)28/h4-5,10-11,13H,6-9,12H2,1-3H3. The molecule has 2 aromatic carbocycles. The number of anilines is 1. The Morgan fingerprint density at radius 1 is 1.03 bits per heavy atom. The Labute approximate surface area is 185 Å². The first-order valence-corrected chi connectivity index (χ1v) is 10.0. The summed E-state index contributed by atoms with van der Waals surface area (Å²) in [6, 6.07) is 8.14. The van der Waals surface area contributed by atoms with Gasteiger partial charge in [-0.15, -0.1) is 0 Å². The zero-order valence-electron chi connectivity index (χ0n) is 17.6. The number of halogens is 1. The van der Waals surface area contributed by atoms with Crippen molar-refractivity contribution in [2.75, 3.05) is 52.4 Å². The molecule has 0 aliphatic carbocycles. The molecule has 2 aromatic rings. The molecule has 3 rings (SSSR count). The number of amides is 1. The summed E-state index contributed by atoms with van der Waals surface area (Å²) in [7, 11) is 4.58. The molecule has 0 atom stereocenters. The third-order valence-corrected chi connectivity index (χ3v) is 5.42. The summed E-state index contributed by atoms with van der Waals surface area (Å²) < 4.78 is 16.0. The average Bonchev–Trinajstić information content (AvgIpc) is 2.78. The van der Waals surface area contributed by atoms with Gasteiger partial charge in [-0.3, -0.25) is 14.9 Å². The lowest BCUT2D eigenvalue weighted by Crippen LogP contribution is -2.49. The van der Waals surface area contributed by atoms with Gasteiger partial charge in [-0.1, -0.05) is 11.6 Å². The van der Waals surface area contributed by atoms with Crippen LogP contribution in [0.15, 0.2) is 30.3 Å². The van der Waals surface area contributed by atoms with E-state index in [4.69, 9.17) is 25.8 Å². The molecule has 0 aromatic heterocycles. The van der Waals surface area contributed by atoms with Crippen LogP contribution in [0.4, 0.5) is 11.4 Å². The molecule has 1 saturated heterocycles. The third kappa shape index (κ3) is 4.93. The van der Waals surface area contributed by atoms with Gasteiger partial charge in [0.1, 0.15) is 5.69 Å². The van der Waals surface area contributed by atoms with Crippen molar-refractivity contribution in [2.24, 2.45) is 0 Å². The van der Waals surface area contributed by atoms with E-state index < -0.39 is 4.92 Å². The van der Waals surface area contributed by atoms with Gasteiger partial charge >= 0.3 is 0 Å². The molecule has 1 amide bonds. The van der Waals surface area contributed by atoms with Crippen LogP contribution in [0.5, 0.6) is 17.2 Å². The number of ether oxygens (including phenoxy) is 3. The van der Waals surface area contributed by atoms with Crippen molar-refractivity contribution in [3.63, 3.8) is 0 Å². The van der Waals surface area contributed by atoms with Crippen molar-refractivity contribution >= 4 is 28.9 Å². The highest BCUT2D eigenvalue weighted by molar-refractivity contribution is 6.30. The topological polar surface area (TPSA) is 94.4 Å². The lowest BCUT2D eigenvalue weighted by atomic mass is 10.1. The Morgan fingerprint density at radius 2 is 1.65 bits per heavy atom. The van der Waals surface area contributed by atoms with Crippen LogP contribution in [0.3, 0.4) is 0 Å². The SMILES string of the molecule is COc1cc(CC(=O)N2CCN(c3ccc(Cl)cc3[N+](=O)[O-])CC2)cc(OC)c1OC. The minimum atomic E-state index is -0.441. The normalized spacial score (nSPS) is 13.7. The summed E-state index contributed by atoms with van der Waals surface area (Å²) in [5, 5.41) is 11.7. The van der Waals surface area contributed by atoms with Crippen molar-refractivity contribution in [3.8, 4) is 17.2 Å². The van der Waals surface area contributed by atoms with E-state index in [1.165, 1.54) is 27.4 Å². The predicted molar refractivity (Wildman–Crippen MR) is 117 cm³/mol. The highest BCUT2D eigenvalue weighted by atomic mass is 35.5. The zero-order chi connectivity index (χ0) is 22.5. The Hall–Kier alpha value is -3.20. The summed E-state index contributed by atoms with van der Waals surface area (Å²) >= 11 is 5.90. The molecule has 166 valence electrons. The van der Waals surface area contributed by atoms with Crippen LogP contribution >= 0.6 is 11.6 Å². The Morgan fingerprint density at radius 3 is 2.16 bits per heavy atom. The molecular formula is C21H24ClN3O6. The van der Waals surface area contributed by atoms with Gasteiger partial charge in [-0.2, -0.15) is 0 Å². The van der Waals surface area contributed by atoms with Gasteiger partial charge in [0, 0.05) is 37.3 Å². The first-order valence-electron chi connectivity index (χ1n) is 9.63. The number of hydrogen-bond acceptors (Lipinski definition) is 7. The maximum Gasteiger partial charge on any atom is 0.294 e. The van der Waals surface area contributed by atoms with Crippen molar-refractivity contribution in [2.45, 2.75) is 6.42 Å². The summed E-state index contributed by atoms with van der Waals surface area (Å²) in [6.45, 7) is 1.90. The maximum atomic E-state index is 12.9. The number of benzene rings is 2. The molecule has 0 bridgehead atoms. The fourth-order valence-electron chi connectivity index (χ4n) is 3.63. The van der Waals surface area contributed by atoms with Gasteiger partial charge < -0.3 is 24.0 Å². The van der Waals surface area contributed by atoms with Gasteiger partial charge in [0.25, 0.3) is 5.69 Å². The zero-order valence-corrected chi connectivity index (χ0v) is 18.3. The number of nitro groups is 1. The molecule has 31 heavy (non-hydrogen) atoms. The second kappa shape index (κ2) is 9.74. The molecule has 1 heterocycles. The van der Waals surface area contributed by atoms with Gasteiger partial charge in [0.05, 0.1) is 32.7 Å². The number of rotatable bonds is 7. The third-order valence-electron chi connectivity index (χ3n) is 5.19. The quantitative estimate of drug-likeness (QED) is 0.473. The molecule has 0 saturated carbocycles. The second-order valence-corrected chi connectivity index (χ2v) is 7.40. The molecule has 1 aliphatic heterocycles. The smallest absolute Gasteiger partial charge is 0.294 e. The summed E-state index contributed by atoms with van der Waals surface area (Å²) in [5.41, 5.74) is 1.21. The maximum absolute atomic E-state index is 12.9. The predicted octanol–water partition coefficient (Wildman–Crippen LogP) is 3.17. The summed E-state index contributed by atoms with van der Waals surface area (Å²) in [4.78, 5) is 27.4. The van der Waals surface area contributed by atoms with E-state index in [2.05, 4.69) is 0 Å². The lowest BCUT2D eigenvalue weighted by molar-refractivity contribution is -0.384. The summed E-state index contributed by atoms with van der Waals surface area (Å²) in [5.74, 6) is 1.41. The van der Waals surface area contributed by atoms with Gasteiger partial charge in [-0.25, -0.2) is 0 Å². The molecule has 0 radical (unpaired) electrons. The number of hydrogen-bond donors (Lipinski definition) is 0. The van der Waals surface area contributed by atoms with E-state index >= 15 is 0 Å². The van der Waals surface area contributed by atoms with Crippen molar-refractivity contribution in [1.82, 2.24) is 4.90 Å². The number of carbonyl (C=O) groups excluding carboxylic acids is 1. The molecular weight excluding hydrogens is 426 g/mol. The van der Waals surface area contributed by atoms with E-state index in [9.17, 15) is 14.9 Å². The molecule has 1 fully saturated rings. The number of methoxy groups -OCH3 is 3.